The first-order valence-corrected chi connectivity index (χ1v) is 16.4. The molecule has 0 unspecified atom stereocenters. The van der Waals surface area contributed by atoms with Gasteiger partial charge in [0.1, 0.15) is 18.4 Å². The van der Waals surface area contributed by atoms with Gasteiger partial charge >= 0.3 is 5.97 Å². The van der Waals surface area contributed by atoms with E-state index in [1.165, 1.54) is 11.3 Å². The fourth-order valence-corrected chi connectivity index (χ4v) is 6.36. The van der Waals surface area contributed by atoms with Crippen molar-refractivity contribution in [1.82, 2.24) is 4.57 Å². The highest BCUT2D eigenvalue weighted by Crippen LogP contribution is 2.36. The molecule has 0 bridgehead atoms. The first kappa shape index (κ1) is 32.2. The minimum absolute atomic E-state index is 0.112. The van der Waals surface area contributed by atoms with E-state index in [1.54, 1.807) is 18.4 Å². The molecule has 0 amide bonds. The lowest BCUT2D eigenvalue weighted by Gasteiger charge is -2.26. The third kappa shape index (κ3) is 7.23. The number of rotatable bonds is 11. The Morgan fingerprint density at radius 3 is 2.47 bits per heavy atom. The molecule has 234 valence electrons. The smallest absolute Gasteiger partial charge is 0.338 e. The van der Waals surface area contributed by atoms with E-state index in [0.29, 0.717) is 56.6 Å². The number of esters is 1. The van der Waals surface area contributed by atoms with Crippen LogP contribution in [-0.4, -0.2) is 29.9 Å². The van der Waals surface area contributed by atoms with Gasteiger partial charge in [0.15, 0.2) is 16.3 Å². The van der Waals surface area contributed by atoms with E-state index in [9.17, 15) is 9.59 Å². The number of halogens is 1. The maximum atomic E-state index is 14.1. The summed E-state index contributed by atoms with van der Waals surface area (Å²) < 4.78 is 26.6. The quantitative estimate of drug-likeness (QED) is 0.171. The van der Waals surface area contributed by atoms with Crippen molar-refractivity contribution in [2.24, 2.45) is 4.99 Å². The molecular formula is C35H35BrN2O6S. The minimum Gasteiger partial charge on any atom is -0.491 e. The Bertz CT molecular complexity index is 1910. The summed E-state index contributed by atoms with van der Waals surface area (Å²) in [4.78, 5) is 32.6. The van der Waals surface area contributed by atoms with Gasteiger partial charge in [-0.15, -0.1) is 0 Å². The molecule has 0 saturated carbocycles. The molecule has 5 rings (SSSR count). The van der Waals surface area contributed by atoms with Crippen molar-refractivity contribution in [2.45, 2.75) is 53.4 Å². The molecular weight excluding hydrogens is 656 g/mol. The summed E-state index contributed by atoms with van der Waals surface area (Å²) >= 11 is 4.72. The molecule has 3 aromatic carbocycles. The molecule has 0 fully saturated rings. The molecule has 4 aromatic rings. The number of thiazole rings is 1. The predicted molar refractivity (Wildman–Crippen MR) is 179 cm³/mol. The monoisotopic (exact) mass is 690 g/mol. The number of aromatic nitrogens is 1. The van der Waals surface area contributed by atoms with Crippen LogP contribution in [0.1, 0.15) is 57.4 Å². The molecule has 1 aliphatic rings. The van der Waals surface area contributed by atoms with E-state index in [1.807, 2.05) is 93.6 Å². The van der Waals surface area contributed by atoms with Crippen LogP contribution in [0.15, 0.2) is 92.3 Å². The zero-order valence-corrected chi connectivity index (χ0v) is 28.2. The Labute approximate surface area is 274 Å². The number of ether oxygens (including phenoxy) is 4. The lowest BCUT2D eigenvalue weighted by atomic mass is 9.95. The van der Waals surface area contributed by atoms with Crippen molar-refractivity contribution in [3.05, 3.63) is 119 Å². The van der Waals surface area contributed by atoms with Crippen LogP contribution >= 0.6 is 27.3 Å². The van der Waals surface area contributed by atoms with E-state index in [0.717, 1.165) is 15.6 Å². The van der Waals surface area contributed by atoms with Crippen LogP contribution in [0.4, 0.5) is 0 Å². The first-order valence-electron chi connectivity index (χ1n) is 14.8. The molecule has 45 heavy (non-hydrogen) atoms. The SMILES string of the molecule is CCOC(=O)C1=C(C)N=c2s/c(=C/c3ccc(OCc4ccc(Br)cc4)c(OCC)c3)c(=O)n2[C@H]1c1ccccc1OC(C)C. The van der Waals surface area contributed by atoms with Gasteiger partial charge in [-0.2, -0.15) is 0 Å². The van der Waals surface area contributed by atoms with E-state index in [4.69, 9.17) is 23.9 Å². The molecule has 1 aromatic heterocycles. The van der Waals surface area contributed by atoms with Gasteiger partial charge in [-0.3, -0.25) is 9.36 Å². The number of allylic oxidation sites excluding steroid dienone is 1. The second-order valence-electron chi connectivity index (χ2n) is 10.6. The largest absolute Gasteiger partial charge is 0.491 e. The maximum Gasteiger partial charge on any atom is 0.338 e. The van der Waals surface area contributed by atoms with Gasteiger partial charge in [0.05, 0.1) is 35.1 Å². The molecule has 8 nitrogen and oxygen atoms in total. The molecule has 0 radical (unpaired) electrons. The number of fused-ring (bicyclic) bond motifs is 1. The summed E-state index contributed by atoms with van der Waals surface area (Å²) in [6.07, 6.45) is 1.70. The predicted octanol–water partition coefficient (Wildman–Crippen LogP) is 6.33. The molecule has 1 atom stereocenters. The number of nitrogens with zero attached hydrogens (tertiary/aromatic N) is 2. The summed E-state index contributed by atoms with van der Waals surface area (Å²) in [6, 6.07) is 20.2. The van der Waals surface area contributed by atoms with E-state index >= 15 is 0 Å². The second kappa shape index (κ2) is 14.3. The molecule has 10 heteroatoms. The van der Waals surface area contributed by atoms with Crippen molar-refractivity contribution in [3.63, 3.8) is 0 Å². The number of carbonyl (C=O) groups excluding carboxylic acids is 1. The van der Waals surface area contributed by atoms with Crippen molar-refractivity contribution in [3.8, 4) is 17.2 Å². The van der Waals surface area contributed by atoms with Gasteiger partial charge in [0.25, 0.3) is 5.56 Å². The number of benzene rings is 3. The normalized spacial score (nSPS) is 14.6. The average Bonchev–Trinajstić information content (AvgIpc) is 3.31. The first-order chi connectivity index (χ1) is 21.7. The zero-order valence-electron chi connectivity index (χ0n) is 25.8. The van der Waals surface area contributed by atoms with Crippen LogP contribution in [0.2, 0.25) is 0 Å². The van der Waals surface area contributed by atoms with Gasteiger partial charge in [-0.25, -0.2) is 9.79 Å². The lowest BCUT2D eigenvalue weighted by Crippen LogP contribution is -2.40. The van der Waals surface area contributed by atoms with Crippen LogP contribution in [0.25, 0.3) is 6.08 Å². The maximum absolute atomic E-state index is 14.1. The fourth-order valence-electron chi connectivity index (χ4n) is 5.05. The average molecular weight is 692 g/mol. The zero-order chi connectivity index (χ0) is 32.1. The highest BCUT2D eigenvalue weighted by Gasteiger charge is 2.35. The van der Waals surface area contributed by atoms with Crippen molar-refractivity contribution < 1.29 is 23.7 Å². The molecule has 1 aliphatic heterocycles. The second-order valence-corrected chi connectivity index (χ2v) is 12.5. The third-order valence-electron chi connectivity index (χ3n) is 6.97. The molecule has 0 spiro atoms. The number of carbonyl (C=O) groups is 1. The van der Waals surface area contributed by atoms with E-state index in [-0.39, 0.29) is 18.3 Å². The fraction of sp³-hybridized carbons (Fsp3) is 0.286. The van der Waals surface area contributed by atoms with Crippen LogP contribution in [0.3, 0.4) is 0 Å². The summed E-state index contributed by atoms with van der Waals surface area (Å²) in [5, 5.41) is 0. The van der Waals surface area contributed by atoms with Crippen LogP contribution in [0, 0.1) is 0 Å². The Morgan fingerprint density at radius 1 is 1.00 bits per heavy atom. The molecule has 0 aliphatic carbocycles. The Hall–Kier alpha value is -4.15. The van der Waals surface area contributed by atoms with E-state index in [2.05, 4.69) is 15.9 Å². The summed E-state index contributed by atoms with van der Waals surface area (Å²) in [5.74, 6) is 1.25. The Kier molecular flexibility index (Phi) is 10.2. The van der Waals surface area contributed by atoms with Gasteiger partial charge < -0.3 is 18.9 Å². The Balaban J connectivity index is 1.58. The Morgan fingerprint density at radius 2 is 1.76 bits per heavy atom. The summed E-state index contributed by atoms with van der Waals surface area (Å²) in [7, 11) is 0. The van der Waals surface area contributed by atoms with Gasteiger partial charge in [-0.05, 0) is 82.2 Å². The summed E-state index contributed by atoms with van der Waals surface area (Å²) in [5.41, 5.74) is 3.01. The molecule has 2 heterocycles. The number of hydrogen-bond donors (Lipinski definition) is 0. The van der Waals surface area contributed by atoms with Crippen molar-refractivity contribution in [1.29, 1.82) is 0 Å². The van der Waals surface area contributed by atoms with Crippen LogP contribution < -0.4 is 29.1 Å². The van der Waals surface area contributed by atoms with Gasteiger partial charge in [0, 0.05) is 10.0 Å². The molecule has 0 N–H and O–H groups in total. The summed E-state index contributed by atoms with van der Waals surface area (Å²) in [6.45, 7) is 10.3. The van der Waals surface area contributed by atoms with Crippen molar-refractivity contribution in [2.75, 3.05) is 13.2 Å². The van der Waals surface area contributed by atoms with Crippen LogP contribution in [0.5, 0.6) is 17.2 Å². The minimum atomic E-state index is -0.772. The number of para-hydroxylation sites is 1. The highest BCUT2D eigenvalue weighted by atomic mass is 79.9. The third-order valence-corrected chi connectivity index (χ3v) is 8.48. The topological polar surface area (TPSA) is 88.4 Å². The number of hydrogen-bond acceptors (Lipinski definition) is 8. The van der Waals surface area contributed by atoms with Crippen molar-refractivity contribution >= 4 is 39.3 Å². The van der Waals surface area contributed by atoms with Gasteiger partial charge in [0.2, 0.25) is 0 Å². The highest BCUT2D eigenvalue weighted by molar-refractivity contribution is 9.10. The van der Waals surface area contributed by atoms with Crippen LogP contribution in [-0.2, 0) is 16.1 Å². The van der Waals surface area contributed by atoms with E-state index < -0.39 is 12.0 Å². The lowest BCUT2D eigenvalue weighted by molar-refractivity contribution is -0.139. The molecule has 0 saturated heterocycles. The van der Waals surface area contributed by atoms with Gasteiger partial charge in [-0.1, -0.05) is 63.7 Å². The standard InChI is InChI=1S/C35H35BrN2O6S/c1-6-41-29-18-24(14-17-28(29)43-20-23-12-15-25(36)16-13-23)19-30-33(39)38-32(26-10-8-9-11-27(26)44-21(3)4)31(34(40)42-7-2)22(5)37-35(38)45-30/h8-19,21,32H,6-7,20H2,1-5H3/b30-19+/t32-/m0/s1.